The molecule has 2 bridgehead atoms. The minimum atomic E-state index is -0.899. The average Bonchev–Trinajstić information content (AvgIpc) is 3.25. The number of benzene rings is 1. The Hall–Kier alpha value is -2.08. The van der Waals surface area contributed by atoms with E-state index in [0.29, 0.717) is 13.1 Å². The van der Waals surface area contributed by atoms with Crippen LogP contribution in [-0.4, -0.2) is 60.3 Å². The fraction of sp³-hybridized carbons (Fsp3) is 0.600. The number of hydrogen-bond donors (Lipinski definition) is 1. The summed E-state index contributed by atoms with van der Waals surface area (Å²) < 4.78 is 5.75. The van der Waals surface area contributed by atoms with E-state index in [1.54, 1.807) is 0 Å². The smallest absolute Gasteiger partial charge is 0.310 e. The molecular weight excluding hydrogens is 332 g/mol. The molecule has 0 aromatic heterocycles. The molecule has 0 radical (unpaired) electrons. The van der Waals surface area contributed by atoms with Gasteiger partial charge in [0.15, 0.2) is 0 Å². The van der Waals surface area contributed by atoms with E-state index in [1.165, 1.54) is 16.8 Å². The van der Waals surface area contributed by atoms with Crippen molar-refractivity contribution < 1.29 is 19.4 Å². The molecule has 1 N–H and O–H groups in total. The number of anilines is 1. The average molecular weight is 358 g/mol. The van der Waals surface area contributed by atoms with E-state index in [9.17, 15) is 14.7 Å². The fourth-order valence-corrected chi connectivity index (χ4v) is 4.76. The third-order valence-electron chi connectivity index (χ3n) is 6.35. The van der Waals surface area contributed by atoms with Crippen LogP contribution in [0.25, 0.3) is 0 Å². The molecule has 1 aromatic rings. The van der Waals surface area contributed by atoms with Gasteiger partial charge in [0.1, 0.15) is 0 Å². The topological polar surface area (TPSA) is 70.1 Å². The molecule has 3 aliphatic heterocycles. The summed E-state index contributed by atoms with van der Waals surface area (Å²) in [5.41, 5.74) is 3.77. The highest BCUT2D eigenvalue weighted by atomic mass is 16.5. The lowest BCUT2D eigenvalue weighted by atomic mass is 9.78. The fourth-order valence-electron chi connectivity index (χ4n) is 4.76. The number of carbonyl (C=O) groups is 2. The van der Waals surface area contributed by atoms with Crippen LogP contribution in [0.4, 0.5) is 5.69 Å². The van der Waals surface area contributed by atoms with E-state index in [-0.39, 0.29) is 18.1 Å². The van der Waals surface area contributed by atoms with Gasteiger partial charge in [-0.05, 0) is 43.9 Å². The monoisotopic (exact) mass is 358 g/mol. The van der Waals surface area contributed by atoms with Crippen molar-refractivity contribution in [1.82, 2.24) is 4.90 Å². The molecule has 1 aromatic carbocycles. The summed E-state index contributed by atoms with van der Waals surface area (Å²) in [6.07, 6.45) is 1.05. The summed E-state index contributed by atoms with van der Waals surface area (Å²) >= 11 is 0. The first-order valence-electron chi connectivity index (χ1n) is 9.45. The van der Waals surface area contributed by atoms with Crippen LogP contribution in [0.15, 0.2) is 18.2 Å². The number of aliphatic carboxylic acids is 1. The summed E-state index contributed by atoms with van der Waals surface area (Å²) in [5.74, 6) is -2.13. The Balaban J connectivity index is 1.44. The van der Waals surface area contributed by atoms with Gasteiger partial charge in [-0.1, -0.05) is 12.1 Å². The van der Waals surface area contributed by atoms with Crippen LogP contribution in [0.5, 0.6) is 0 Å². The van der Waals surface area contributed by atoms with Gasteiger partial charge < -0.3 is 19.6 Å². The van der Waals surface area contributed by atoms with E-state index in [2.05, 4.69) is 36.9 Å². The zero-order valence-corrected chi connectivity index (χ0v) is 15.4. The van der Waals surface area contributed by atoms with Crippen molar-refractivity contribution >= 4 is 17.6 Å². The number of aryl methyl sites for hydroxylation is 1. The van der Waals surface area contributed by atoms with Gasteiger partial charge in [0.2, 0.25) is 5.91 Å². The molecule has 6 heteroatoms. The van der Waals surface area contributed by atoms with Crippen LogP contribution in [0, 0.1) is 25.7 Å². The number of nitrogens with zero attached hydrogens (tertiary/aromatic N) is 2. The molecule has 3 saturated heterocycles. The van der Waals surface area contributed by atoms with Crippen molar-refractivity contribution in [2.75, 3.05) is 31.1 Å². The van der Waals surface area contributed by atoms with Crippen molar-refractivity contribution in [1.29, 1.82) is 0 Å². The minimum absolute atomic E-state index is 0.0368. The van der Waals surface area contributed by atoms with Gasteiger partial charge in [-0.15, -0.1) is 0 Å². The van der Waals surface area contributed by atoms with Gasteiger partial charge in [-0.3, -0.25) is 9.59 Å². The number of carboxylic acids is 1. The third kappa shape index (κ3) is 2.76. The highest BCUT2D eigenvalue weighted by molar-refractivity contribution is 5.87. The lowest BCUT2D eigenvalue weighted by Crippen LogP contribution is -2.53. The maximum atomic E-state index is 13.0. The summed E-state index contributed by atoms with van der Waals surface area (Å²) in [5, 5.41) is 9.54. The molecule has 26 heavy (non-hydrogen) atoms. The zero-order valence-electron chi connectivity index (χ0n) is 15.4. The molecular formula is C20H26N2O4. The lowest BCUT2D eigenvalue weighted by molar-refractivity contribution is -0.151. The van der Waals surface area contributed by atoms with Crippen molar-refractivity contribution in [3.8, 4) is 0 Å². The lowest BCUT2D eigenvalue weighted by Gasteiger charge is -2.39. The van der Waals surface area contributed by atoms with Crippen LogP contribution in [-0.2, 0) is 14.3 Å². The number of piperazine rings is 1. The van der Waals surface area contributed by atoms with Crippen molar-refractivity contribution in [3.05, 3.63) is 29.3 Å². The Labute approximate surface area is 153 Å². The maximum Gasteiger partial charge on any atom is 0.310 e. The van der Waals surface area contributed by atoms with Crippen molar-refractivity contribution in [2.45, 2.75) is 38.9 Å². The molecule has 1 amide bonds. The molecule has 0 spiro atoms. The molecule has 6 nitrogen and oxygen atoms in total. The summed E-state index contributed by atoms with van der Waals surface area (Å²) in [4.78, 5) is 28.8. The molecule has 0 unspecified atom stereocenters. The molecule has 140 valence electrons. The molecule has 0 aliphatic carbocycles. The van der Waals surface area contributed by atoms with E-state index in [1.807, 2.05) is 4.90 Å². The molecule has 3 heterocycles. The summed E-state index contributed by atoms with van der Waals surface area (Å²) in [6, 6.07) is 6.31. The van der Waals surface area contributed by atoms with Gasteiger partial charge in [0.25, 0.3) is 0 Å². The van der Waals surface area contributed by atoms with Crippen LogP contribution < -0.4 is 4.90 Å². The Morgan fingerprint density at radius 1 is 1.04 bits per heavy atom. The molecule has 3 fully saturated rings. The predicted octanol–water partition coefficient (Wildman–Crippen LogP) is 1.83. The minimum Gasteiger partial charge on any atom is -0.481 e. The van der Waals surface area contributed by atoms with Crippen molar-refractivity contribution in [3.63, 3.8) is 0 Å². The second kappa shape index (κ2) is 6.58. The Bertz CT molecular complexity index is 727. The number of ether oxygens (including phenoxy) is 1. The summed E-state index contributed by atoms with van der Waals surface area (Å²) in [7, 11) is 0. The number of rotatable bonds is 3. The number of carboxylic acid groups (broad SMARTS) is 1. The first-order chi connectivity index (χ1) is 12.5. The first kappa shape index (κ1) is 17.3. The Morgan fingerprint density at radius 3 is 2.35 bits per heavy atom. The number of hydrogen-bond acceptors (Lipinski definition) is 4. The standard InChI is InChI=1S/C20H26N2O4/c1-12-4-3-5-14(13(12)2)21-8-10-22(11-9-21)19(23)17-15-6-7-16(26-15)18(17)20(24)25/h3-5,15-18H,6-11H2,1-2H3,(H,24,25)/t15-,16-,17+,18-/m0/s1. The van der Waals surface area contributed by atoms with Gasteiger partial charge in [-0.25, -0.2) is 0 Å². The highest BCUT2D eigenvalue weighted by Crippen LogP contribution is 2.44. The third-order valence-corrected chi connectivity index (χ3v) is 6.35. The molecule has 4 rings (SSSR count). The number of fused-ring (bicyclic) bond motifs is 2. The van der Waals surface area contributed by atoms with E-state index < -0.39 is 17.8 Å². The molecule has 3 aliphatic rings. The normalized spacial score (nSPS) is 30.7. The first-order valence-corrected chi connectivity index (χ1v) is 9.45. The van der Waals surface area contributed by atoms with Crippen LogP contribution >= 0.6 is 0 Å². The van der Waals surface area contributed by atoms with E-state index in [4.69, 9.17) is 4.74 Å². The van der Waals surface area contributed by atoms with Crippen LogP contribution in [0.1, 0.15) is 24.0 Å². The molecule has 0 saturated carbocycles. The van der Waals surface area contributed by atoms with Crippen LogP contribution in [0.3, 0.4) is 0 Å². The quantitative estimate of drug-likeness (QED) is 0.893. The molecule has 4 atom stereocenters. The van der Waals surface area contributed by atoms with Gasteiger partial charge >= 0.3 is 5.97 Å². The second-order valence-electron chi connectivity index (χ2n) is 7.71. The Kier molecular flexibility index (Phi) is 4.39. The second-order valence-corrected chi connectivity index (χ2v) is 7.71. The largest absolute Gasteiger partial charge is 0.481 e. The van der Waals surface area contributed by atoms with E-state index in [0.717, 1.165) is 25.9 Å². The SMILES string of the molecule is Cc1cccc(N2CCN(C(=O)[C@H]3[C@@H](C(=O)O)[C@@H]4CC[C@@H]3O4)CC2)c1C. The maximum absolute atomic E-state index is 13.0. The predicted molar refractivity (Wildman–Crippen MR) is 97.2 cm³/mol. The highest BCUT2D eigenvalue weighted by Gasteiger charge is 2.56. The van der Waals surface area contributed by atoms with Gasteiger partial charge in [0.05, 0.1) is 24.0 Å². The Morgan fingerprint density at radius 2 is 1.69 bits per heavy atom. The van der Waals surface area contributed by atoms with Gasteiger partial charge in [0, 0.05) is 31.9 Å². The van der Waals surface area contributed by atoms with Crippen LogP contribution in [0.2, 0.25) is 0 Å². The number of carbonyl (C=O) groups excluding carboxylic acids is 1. The van der Waals surface area contributed by atoms with Crippen molar-refractivity contribution in [2.24, 2.45) is 11.8 Å². The zero-order chi connectivity index (χ0) is 18.4. The number of amides is 1. The van der Waals surface area contributed by atoms with Gasteiger partial charge in [-0.2, -0.15) is 0 Å². The van der Waals surface area contributed by atoms with E-state index >= 15 is 0 Å². The summed E-state index contributed by atoms with van der Waals surface area (Å²) in [6.45, 7) is 7.05.